The average Bonchev–Trinajstić information content (AvgIpc) is 3.85. The standard InChI is InChI=1S/C36H39N3O4S/c1-27-12-14-30(15-13-27)25-37-36(41)34(24-29-8-4-2-5-9-29)39(26-31-10-6-3-7-11-31)35(40)23-18-28-16-21-33(22-17-28)44(42,43)38-32-19-20-32/h2-17,21-22,32,34,38H,18-20,23-26H2,1H3,(H,37,41)/t34-/m1/s1. The van der Waals surface area contributed by atoms with Crippen LogP contribution in [0.15, 0.2) is 114 Å². The van der Waals surface area contributed by atoms with Crippen LogP contribution in [0.1, 0.15) is 47.1 Å². The van der Waals surface area contributed by atoms with Crippen molar-refractivity contribution in [2.75, 3.05) is 0 Å². The highest BCUT2D eigenvalue weighted by molar-refractivity contribution is 7.89. The molecule has 2 N–H and O–H groups in total. The molecule has 8 heteroatoms. The summed E-state index contributed by atoms with van der Waals surface area (Å²) >= 11 is 0. The Hall–Kier alpha value is -4.27. The molecular weight excluding hydrogens is 570 g/mol. The highest BCUT2D eigenvalue weighted by Crippen LogP contribution is 2.23. The van der Waals surface area contributed by atoms with Crippen LogP contribution in [0, 0.1) is 6.92 Å². The molecule has 1 aliphatic rings. The molecule has 0 spiro atoms. The lowest BCUT2D eigenvalue weighted by atomic mass is 10.0. The van der Waals surface area contributed by atoms with Gasteiger partial charge in [0.1, 0.15) is 6.04 Å². The zero-order valence-corrected chi connectivity index (χ0v) is 25.8. The Kier molecular flexibility index (Phi) is 10.2. The predicted octanol–water partition coefficient (Wildman–Crippen LogP) is 5.32. The van der Waals surface area contributed by atoms with Gasteiger partial charge in [-0.15, -0.1) is 0 Å². The number of carbonyl (C=O) groups excluding carboxylic acids is 2. The maximum absolute atomic E-state index is 14.0. The van der Waals surface area contributed by atoms with E-state index in [9.17, 15) is 18.0 Å². The number of nitrogens with one attached hydrogen (secondary N) is 2. The van der Waals surface area contributed by atoms with E-state index in [1.165, 1.54) is 0 Å². The summed E-state index contributed by atoms with van der Waals surface area (Å²) in [6.45, 7) is 2.68. The van der Waals surface area contributed by atoms with E-state index in [0.29, 0.717) is 25.9 Å². The number of aryl methyl sites for hydroxylation is 2. The number of nitrogens with zero attached hydrogens (tertiary/aromatic N) is 1. The molecule has 228 valence electrons. The minimum Gasteiger partial charge on any atom is -0.350 e. The molecule has 44 heavy (non-hydrogen) atoms. The molecule has 4 aromatic carbocycles. The van der Waals surface area contributed by atoms with E-state index in [4.69, 9.17) is 0 Å². The van der Waals surface area contributed by atoms with E-state index in [1.807, 2.05) is 91.9 Å². The van der Waals surface area contributed by atoms with Crippen molar-refractivity contribution < 1.29 is 18.0 Å². The lowest BCUT2D eigenvalue weighted by Crippen LogP contribution is -2.50. The van der Waals surface area contributed by atoms with Gasteiger partial charge in [0.15, 0.2) is 0 Å². The zero-order chi connectivity index (χ0) is 30.9. The Morgan fingerprint density at radius 1 is 0.773 bits per heavy atom. The van der Waals surface area contributed by atoms with Gasteiger partial charge in [0.05, 0.1) is 4.90 Å². The van der Waals surface area contributed by atoms with Crippen molar-refractivity contribution in [2.45, 2.75) is 69.1 Å². The second-order valence-corrected chi connectivity index (χ2v) is 13.2. The highest BCUT2D eigenvalue weighted by atomic mass is 32.2. The number of carbonyl (C=O) groups is 2. The molecule has 0 aliphatic heterocycles. The number of amides is 2. The van der Waals surface area contributed by atoms with Gasteiger partial charge in [-0.2, -0.15) is 0 Å². The number of sulfonamides is 1. The molecule has 1 atom stereocenters. The molecule has 0 heterocycles. The first-order valence-electron chi connectivity index (χ1n) is 15.1. The van der Waals surface area contributed by atoms with Gasteiger partial charge in [-0.05, 0) is 60.6 Å². The maximum atomic E-state index is 14.0. The van der Waals surface area contributed by atoms with Crippen molar-refractivity contribution in [3.63, 3.8) is 0 Å². The Labute approximate surface area is 260 Å². The number of hydrogen-bond donors (Lipinski definition) is 2. The van der Waals surface area contributed by atoms with Gasteiger partial charge in [0.2, 0.25) is 21.8 Å². The quantitative estimate of drug-likeness (QED) is 0.202. The van der Waals surface area contributed by atoms with E-state index in [0.717, 1.165) is 40.7 Å². The third kappa shape index (κ3) is 8.88. The van der Waals surface area contributed by atoms with Gasteiger partial charge in [-0.1, -0.05) is 103 Å². The number of benzene rings is 4. The first kappa shape index (κ1) is 31.2. The molecule has 0 bridgehead atoms. The van der Waals surface area contributed by atoms with Crippen molar-refractivity contribution in [1.29, 1.82) is 0 Å². The Balaban J connectivity index is 1.34. The number of rotatable bonds is 14. The first-order chi connectivity index (χ1) is 21.3. The molecule has 0 radical (unpaired) electrons. The van der Waals surface area contributed by atoms with Gasteiger partial charge < -0.3 is 10.2 Å². The zero-order valence-electron chi connectivity index (χ0n) is 25.0. The second kappa shape index (κ2) is 14.5. The molecule has 7 nitrogen and oxygen atoms in total. The van der Waals surface area contributed by atoms with Crippen LogP contribution in [0.2, 0.25) is 0 Å². The molecule has 5 rings (SSSR count). The van der Waals surface area contributed by atoms with Gasteiger partial charge >= 0.3 is 0 Å². The Bertz CT molecular complexity index is 1640. The smallest absolute Gasteiger partial charge is 0.243 e. The van der Waals surface area contributed by atoms with Crippen molar-refractivity contribution >= 4 is 21.8 Å². The largest absolute Gasteiger partial charge is 0.350 e. The third-order valence-electron chi connectivity index (χ3n) is 7.81. The van der Waals surface area contributed by atoms with Gasteiger partial charge in [0.25, 0.3) is 0 Å². The third-order valence-corrected chi connectivity index (χ3v) is 9.35. The summed E-state index contributed by atoms with van der Waals surface area (Å²) in [5.74, 6) is -0.358. The lowest BCUT2D eigenvalue weighted by molar-refractivity contribution is -0.141. The van der Waals surface area contributed by atoms with E-state index < -0.39 is 16.1 Å². The Morgan fingerprint density at radius 3 is 1.98 bits per heavy atom. The normalized spacial score (nSPS) is 13.7. The molecule has 4 aromatic rings. The molecule has 1 aliphatic carbocycles. The van der Waals surface area contributed by atoms with Crippen LogP contribution in [-0.2, 0) is 45.5 Å². The van der Waals surface area contributed by atoms with Crippen LogP contribution >= 0.6 is 0 Å². The van der Waals surface area contributed by atoms with Crippen LogP contribution in [0.25, 0.3) is 0 Å². The average molecular weight is 610 g/mol. The van der Waals surface area contributed by atoms with E-state index in [1.54, 1.807) is 29.2 Å². The number of hydrogen-bond acceptors (Lipinski definition) is 4. The van der Waals surface area contributed by atoms with Crippen LogP contribution < -0.4 is 10.0 Å². The Morgan fingerprint density at radius 2 is 1.36 bits per heavy atom. The molecule has 1 saturated carbocycles. The molecule has 0 unspecified atom stereocenters. The second-order valence-electron chi connectivity index (χ2n) is 11.5. The topological polar surface area (TPSA) is 95.6 Å². The predicted molar refractivity (Wildman–Crippen MR) is 172 cm³/mol. The van der Waals surface area contributed by atoms with E-state index in [-0.39, 0.29) is 29.2 Å². The molecule has 2 amide bonds. The van der Waals surface area contributed by atoms with Gasteiger partial charge in [0, 0.05) is 32.0 Å². The van der Waals surface area contributed by atoms with Gasteiger partial charge in [-0.25, -0.2) is 13.1 Å². The fourth-order valence-electron chi connectivity index (χ4n) is 5.07. The SMILES string of the molecule is Cc1ccc(CNC(=O)[C@@H](Cc2ccccc2)N(Cc2ccccc2)C(=O)CCc2ccc(S(=O)(=O)NC3CC3)cc2)cc1. The fraction of sp³-hybridized carbons (Fsp3) is 0.278. The monoisotopic (exact) mass is 609 g/mol. The summed E-state index contributed by atoms with van der Waals surface area (Å²) in [6, 6.07) is 33.4. The van der Waals surface area contributed by atoms with Gasteiger partial charge in [-0.3, -0.25) is 9.59 Å². The molecule has 0 saturated heterocycles. The minimum absolute atomic E-state index is 0.0332. The van der Waals surface area contributed by atoms with Crippen LogP contribution in [0.3, 0.4) is 0 Å². The maximum Gasteiger partial charge on any atom is 0.243 e. The summed E-state index contributed by atoms with van der Waals surface area (Å²) in [5, 5.41) is 3.08. The summed E-state index contributed by atoms with van der Waals surface area (Å²) < 4.78 is 27.8. The summed E-state index contributed by atoms with van der Waals surface area (Å²) in [4.78, 5) is 29.7. The summed E-state index contributed by atoms with van der Waals surface area (Å²) in [7, 11) is -3.54. The van der Waals surface area contributed by atoms with Crippen molar-refractivity contribution in [3.8, 4) is 0 Å². The van der Waals surface area contributed by atoms with Crippen LogP contribution in [-0.4, -0.2) is 37.2 Å². The fourth-order valence-corrected chi connectivity index (χ4v) is 6.37. The molecule has 0 aromatic heterocycles. The lowest BCUT2D eigenvalue weighted by Gasteiger charge is -2.31. The van der Waals surface area contributed by atoms with Crippen molar-refractivity contribution in [2.24, 2.45) is 0 Å². The first-order valence-corrected chi connectivity index (χ1v) is 16.6. The highest BCUT2D eigenvalue weighted by Gasteiger charge is 2.30. The van der Waals surface area contributed by atoms with Crippen LogP contribution in [0.4, 0.5) is 0 Å². The minimum atomic E-state index is -3.54. The summed E-state index contributed by atoms with van der Waals surface area (Å²) in [5.41, 5.74) is 4.88. The van der Waals surface area contributed by atoms with Crippen molar-refractivity contribution in [3.05, 3.63) is 137 Å². The summed E-state index contributed by atoms with van der Waals surface area (Å²) in [6.07, 6.45) is 2.71. The van der Waals surface area contributed by atoms with Crippen LogP contribution in [0.5, 0.6) is 0 Å². The molecular formula is C36H39N3O4S. The van der Waals surface area contributed by atoms with E-state index in [2.05, 4.69) is 10.0 Å². The molecule has 1 fully saturated rings. The van der Waals surface area contributed by atoms with Crippen molar-refractivity contribution in [1.82, 2.24) is 14.9 Å². The van der Waals surface area contributed by atoms with E-state index >= 15 is 0 Å².